The van der Waals surface area contributed by atoms with Crippen molar-refractivity contribution in [1.82, 2.24) is 20.4 Å². The number of rotatable bonds is 4. The lowest BCUT2D eigenvalue weighted by atomic mass is 9.91. The Balaban J connectivity index is 0.00000240. The minimum atomic E-state index is -1.14. The van der Waals surface area contributed by atoms with Crippen LogP contribution in [0.4, 0.5) is 4.79 Å². The minimum Gasteiger partial charge on any atom is -0.341 e. The molecule has 3 unspecified atom stereocenters. The summed E-state index contributed by atoms with van der Waals surface area (Å²) in [6.45, 7) is 3.44. The Labute approximate surface area is 177 Å². The van der Waals surface area contributed by atoms with Crippen LogP contribution in [0.3, 0.4) is 0 Å². The summed E-state index contributed by atoms with van der Waals surface area (Å²) in [5.41, 5.74) is 0.653. The van der Waals surface area contributed by atoms with Crippen LogP contribution in [0.2, 0.25) is 0 Å². The molecule has 7 nitrogen and oxygen atoms in total. The van der Waals surface area contributed by atoms with E-state index in [1.807, 2.05) is 31.2 Å². The van der Waals surface area contributed by atoms with Gasteiger partial charge in [0.05, 0.1) is 0 Å². The van der Waals surface area contributed by atoms with E-state index in [-0.39, 0.29) is 36.8 Å². The van der Waals surface area contributed by atoms with Gasteiger partial charge in [-0.3, -0.25) is 14.5 Å². The van der Waals surface area contributed by atoms with Crippen LogP contribution < -0.4 is 10.6 Å². The second kappa shape index (κ2) is 7.95. The molecule has 1 aromatic carbocycles. The molecule has 0 spiro atoms. The molecule has 3 fully saturated rings. The molecule has 3 aliphatic rings. The molecule has 0 aromatic heterocycles. The number of likely N-dealkylation sites (N-methyl/N-ethyl adjacent to an activating group) is 1. The Morgan fingerprint density at radius 1 is 1.17 bits per heavy atom. The van der Waals surface area contributed by atoms with Gasteiger partial charge in [-0.05, 0) is 45.1 Å². The number of nitrogens with zero attached hydrogens (tertiary/aromatic N) is 2. The van der Waals surface area contributed by atoms with Crippen LogP contribution in [-0.4, -0.2) is 59.4 Å². The zero-order chi connectivity index (χ0) is 20.1. The van der Waals surface area contributed by atoms with Crippen molar-refractivity contribution in [2.24, 2.45) is 0 Å². The second-order valence-electron chi connectivity index (χ2n) is 8.58. The molecule has 29 heavy (non-hydrogen) atoms. The van der Waals surface area contributed by atoms with Crippen molar-refractivity contribution < 1.29 is 14.4 Å². The summed E-state index contributed by atoms with van der Waals surface area (Å²) in [5.74, 6) is -0.573. The first-order valence-corrected chi connectivity index (χ1v) is 10.0. The zero-order valence-corrected chi connectivity index (χ0v) is 17.9. The Bertz CT molecular complexity index is 803. The maximum Gasteiger partial charge on any atom is 0.325 e. The van der Waals surface area contributed by atoms with Gasteiger partial charge < -0.3 is 15.5 Å². The maximum atomic E-state index is 13.0. The summed E-state index contributed by atoms with van der Waals surface area (Å²) in [6.07, 6.45) is 4.18. The smallest absolute Gasteiger partial charge is 0.325 e. The lowest BCUT2D eigenvalue weighted by molar-refractivity contribution is -0.139. The lowest BCUT2D eigenvalue weighted by Crippen LogP contribution is -2.51. The van der Waals surface area contributed by atoms with Crippen molar-refractivity contribution in [1.29, 1.82) is 0 Å². The number of urea groups is 1. The van der Waals surface area contributed by atoms with E-state index in [4.69, 9.17) is 0 Å². The predicted octanol–water partition coefficient (Wildman–Crippen LogP) is 1.93. The normalized spacial score (nSPS) is 30.7. The van der Waals surface area contributed by atoms with Crippen molar-refractivity contribution in [3.8, 4) is 0 Å². The molecule has 0 aliphatic carbocycles. The van der Waals surface area contributed by atoms with Crippen molar-refractivity contribution >= 4 is 30.3 Å². The fraction of sp³-hybridized carbons (Fsp3) is 0.571. The van der Waals surface area contributed by atoms with Crippen LogP contribution in [0.1, 0.15) is 43.7 Å². The van der Waals surface area contributed by atoms with Gasteiger partial charge in [-0.25, -0.2) is 4.79 Å². The van der Waals surface area contributed by atoms with E-state index in [1.165, 1.54) is 0 Å². The van der Waals surface area contributed by atoms with E-state index >= 15 is 0 Å². The number of aryl methyl sites for hydroxylation is 1. The number of benzene rings is 1. The van der Waals surface area contributed by atoms with E-state index in [0.29, 0.717) is 12.1 Å². The highest BCUT2D eigenvalue weighted by atomic mass is 35.5. The molecule has 4 amide bonds. The van der Waals surface area contributed by atoms with Gasteiger partial charge in [0.2, 0.25) is 5.91 Å². The molecule has 3 atom stereocenters. The second-order valence-corrected chi connectivity index (χ2v) is 8.58. The molecular formula is C21H29ClN4O3. The van der Waals surface area contributed by atoms with Crippen LogP contribution in [0, 0.1) is 6.92 Å². The fourth-order valence-electron chi connectivity index (χ4n) is 4.72. The number of carbonyl (C=O) groups is 3. The molecule has 3 aliphatic heterocycles. The number of fused-ring (bicyclic) bond motifs is 2. The molecule has 1 aromatic rings. The maximum absolute atomic E-state index is 13.0. The highest BCUT2D eigenvalue weighted by Crippen LogP contribution is 2.31. The molecule has 8 heteroatoms. The topological polar surface area (TPSA) is 81.8 Å². The number of nitrogens with one attached hydrogen (secondary N) is 2. The molecule has 2 N–H and O–H groups in total. The Hall–Kier alpha value is -2.12. The van der Waals surface area contributed by atoms with Crippen molar-refractivity contribution in [2.75, 3.05) is 13.6 Å². The van der Waals surface area contributed by atoms with Crippen LogP contribution >= 0.6 is 12.4 Å². The zero-order valence-electron chi connectivity index (χ0n) is 17.1. The molecule has 3 saturated heterocycles. The average Bonchev–Trinajstić information content (AvgIpc) is 3.12. The number of halogens is 1. The molecule has 2 bridgehead atoms. The highest BCUT2D eigenvalue weighted by Gasteiger charge is 2.50. The van der Waals surface area contributed by atoms with Crippen molar-refractivity contribution in [3.63, 3.8) is 0 Å². The van der Waals surface area contributed by atoms with Crippen molar-refractivity contribution in [2.45, 2.75) is 63.2 Å². The third-order valence-electron chi connectivity index (χ3n) is 6.59. The summed E-state index contributed by atoms with van der Waals surface area (Å²) in [6, 6.07) is 8.10. The van der Waals surface area contributed by atoms with E-state index in [1.54, 1.807) is 18.9 Å². The van der Waals surface area contributed by atoms with Crippen LogP contribution in [-0.2, 0) is 15.1 Å². The summed E-state index contributed by atoms with van der Waals surface area (Å²) in [7, 11) is 1.79. The van der Waals surface area contributed by atoms with Gasteiger partial charge in [-0.1, -0.05) is 29.8 Å². The highest BCUT2D eigenvalue weighted by molar-refractivity contribution is 6.09. The first-order valence-electron chi connectivity index (χ1n) is 10.0. The molecule has 0 radical (unpaired) electrons. The van der Waals surface area contributed by atoms with Crippen molar-refractivity contribution in [3.05, 3.63) is 35.4 Å². The van der Waals surface area contributed by atoms with Crippen LogP contribution in [0.15, 0.2) is 24.3 Å². The molecule has 4 rings (SSSR count). The van der Waals surface area contributed by atoms with E-state index in [0.717, 1.165) is 41.7 Å². The number of piperidine rings is 1. The van der Waals surface area contributed by atoms with E-state index in [2.05, 4.69) is 10.6 Å². The standard InChI is InChI=1S/C21H28N4O3.ClH/c1-13-4-6-14(7-5-13)21(2)19(27)25(20(28)23-21)12-18(26)24(3)17-10-15-8-9-16(11-17)22-15;/h4-7,15-17,22H,8-12H2,1-3H3,(H,23,28);1H. The van der Waals surface area contributed by atoms with Gasteiger partial charge in [-0.2, -0.15) is 0 Å². The first kappa shape index (κ1) is 21.6. The summed E-state index contributed by atoms with van der Waals surface area (Å²) in [5, 5.41) is 6.34. The minimum absolute atomic E-state index is 0. The number of carbonyl (C=O) groups excluding carboxylic acids is 3. The summed E-state index contributed by atoms with van der Waals surface area (Å²) in [4.78, 5) is 41.2. The van der Waals surface area contributed by atoms with Gasteiger partial charge in [0.25, 0.3) is 5.91 Å². The summed E-state index contributed by atoms with van der Waals surface area (Å²) < 4.78 is 0. The first-order chi connectivity index (χ1) is 13.3. The Morgan fingerprint density at radius 2 is 1.76 bits per heavy atom. The summed E-state index contributed by atoms with van der Waals surface area (Å²) >= 11 is 0. The largest absolute Gasteiger partial charge is 0.341 e. The van der Waals surface area contributed by atoms with Gasteiger partial charge in [0, 0.05) is 25.2 Å². The molecule has 0 saturated carbocycles. The lowest BCUT2D eigenvalue weighted by Gasteiger charge is -2.36. The monoisotopic (exact) mass is 420 g/mol. The number of imide groups is 1. The molecular weight excluding hydrogens is 392 g/mol. The fourth-order valence-corrected chi connectivity index (χ4v) is 4.72. The van der Waals surface area contributed by atoms with E-state index in [9.17, 15) is 14.4 Å². The number of amides is 4. The average molecular weight is 421 g/mol. The SMILES string of the molecule is Cc1ccc(C2(C)NC(=O)N(CC(=O)N(C)C3CC4CCC(C3)N4)C2=O)cc1.Cl. The third-order valence-corrected chi connectivity index (χ3v) is 6.59. The predicted molar refractivity (Wildman–Crippen MR) is 112 cm³/mol. The van der Waals surface area contributed by atoms with E-state index < -0.39 is 11.6 Å². The Morgan fingerprint density at radius 3 is 2.34 bits per heavy atom. The van der Waals surface area contributed by atoms with Gasteiger partial charge >= 0.3 is 6.03 Å². The van der Waals surface area contributed by atoms with Gasteiger partial charge in [0.15, 0.2) is 0 Å². The molecule has 3 heterocycles. The van der Waals surface area contributed by atoms with Crippen LogP contribution in [0.5, 0.6) is 0 Å². The quantitative estimate of drug-likeness (QED) is 0.729. The Kier molecular flexibility index (Phi) is 5.92. The van der Waals surface area contributed by atoms with Crippen LogP contribution in [0.25, 0.3) is 0 Å². The number of hydrogen-bond acceptors (Lipinski definition) is 4. The number of hydrogen-bond donors (Lipinski definition) is 2. The molecule has 158 valence electrons. The van der Waals surface area contributed by atoms with Gasteiger partial charge in [0.1, 0.15) is 12.1 Å². The van der Waals surface area contributed by atoms with Gasteiger partial charge in [-0.15, -0.1) is 12.4 Å². The third kappa shape index (κ3) is 3.85.